The number of benzene rings is 1. The van der Waals surface area contributed by atoms with Crippen LogP contribution < -0.4 is 10.2 Å². The van der Waals surface area contributed by atoms with Crippen LogP contribution in [0.25, 0.3) is 0 Å². The number of nitrogens with one attached hydrogen (secondary N) is 1. The maximum atomic E-state index is 12.5. The highest BCUT2D eigenvalue weighted by atomic mass is 16.3. The predicted molar refractivity (Wildman–Crippen MR) is 97.4 cm³/mol. The summed E-state index contributed by atoms with van der Waals surface area (Å²) in [4.78, 5) is 16.8. The summed E-state index contributed by atoms with van der Waals surface area (Å²) in [5.41, 5.74) is 2.13. The Bertz CT molecular complexity index is 555. The van der Waals surface area contributed by atoms with Gasteiger partial charge in [0.15, 0.2) is 0 Å². The Labute approximate surface area is 144 Å². The van der Waals surface area contributed by atoms with Crippen molar-refractivity contribution in [1.29, 1.82) is 0 Å². The number of aliphatic hydroxyl groups excluding tert-OH is 1. The van der Waals surface area contributed by atoms with Gasteiger partial charge in [-0.1, -0.05) is 12.1 Å². The Hall–Kier alpha value is -1.75. The van der Waals surface area contributed by atoms with Gasteiger partial charge >= 0.3 is 0 Å². The number of carbonyl (C=O) groups excluding carboxylic acids is 1. The van der Waals surface area contributed by atoms with Gasteiger partial charge < -0.3 is 20.2 Å². The van der Waals surface area contributed by atoms with Gasteiger partial charge in [0.1, 0.15) is 0 Å². The van der Waals surface area contributed by atoms with Crippen molar-refractivity contribution in [3.8, 4) is 0 Å². The molecule has 5 heteroatoms. The van der Waals surface area contributed by atoms with Crippen LogP contribution in [0.5, 0.6) is 0 Å². The summed E-state index contributed by atoms with van der Waals surface area (Å²) in [6, 6.07) is 8.51. The van der Waals surface area contributed by atoms with Gasteiger partial charge in [0, 0.05) is 25.7 Å². The third-order valence-corrected chi connectivity index (χ3v) is 5.26. The van der Waals surface area contributed by atoms with Crippen LogP contribution in [0.3, 0.4) is 0 Å². The van der Waals surface area contributed by atoms with Crippen molar-refractivity contribution in [2.45, 2.75) is 51.2 Å². The maximum absolute atomic E-state index is 12.5. The van der Waals surface area contributed by atoms with E-state index in [0.29, 0.717) is 12.6 Å². The van der Waals surface area contributed by atoms with Gasteiger partial charge in [-0.25, -0.2) is 0 Å². The van der Waals surface area contributed by atoms with Crippen LogP contribution in [0.2, 0.25) is 0 Å². The topological polar surface area (TPSA) is 55.8 Å². The lowest BCUT2D eigenvalue weighted by Crippen LogP contribution is -2.44. The van der Waals surface area contributed by atoms with Crippen molar-refractivity contribution in [2.24, 2.45) is 0 Å². The minimum Gasteiger partial charge on any atom is -0.393 e. The first kappa shape index (κ1) is 17.1. The van der Waals surface area contributed by atoms with E-state index >= 15 is 0 Å². The Morgan fingerprint density at radius 2 is 1.92 bits per heavy atom. The Balaban J connectivity index is 1.62. The number of amides is 1. The first-order valence-electron chi connectivity index (χ1n) is 9.20. The highest BCUT2D eigenvalue weighted by Crippen LogP contribution is 2.28. The second kappa shape index (κ2) is 7.88. The molecule has 2 aliphatic heterocycles. The highest BCUT2D eigenvalue weighted by Gasteiger charge is 2.23. The molecule has 1 aromatic carbocycles. The lowest BCUT2D eigenvalue weighted by molar-refractivity contribution is -0.132. The number of hydrogen-bond donors (Lipinski definition) is 2. The van der Waals surface area contributed by atoms with Crippen molar-refractivity contribution >= 4 is 17.3 Å². The number of hydrogen-bond acceptors (Lipinski definition) is 4. The van der Waals surface area contributed by atoms with Crippen molar-refractivity contribution < 1.29 is 9.90 Å². The Morgan fingerprint density at radius 1 is 1.17 bits per heavy atom. The van der Waals surface area contributed by atoms with Crippen LogP contribution in [0, 0.1) is 0 Å². The number of anilines is 2. The van der Waals surface area contributed by atoms with E-state index in [1.165, 1.54) is 6.42 Å². The van der Waals surface area contributed by atoms with E-state index in [2.05, 4.69) is 23.2 Å². The average molecular weight is 331 g/mol. The van der Waals surface area contributed by atoms with E-state index in [9.17, 15) is 9.90 Å². The third-order valence-electron chi connectivity index (χ3n) is 5.26. The Kier molecular flexibility index (Phi) is 5.61. The molecule has 0 radical (unpaired) electrons. The summed E-state index contributed by atoms with van der Waals surface area (Å²) in [6.07, 6.45) is 4.88. The minimum atomic E-state index is -0.177. The van der Waals surface area contributed by atoms with Crippen molar-refractivity contribution in [3.05, 3.63) is 24.3 Å². The molecular weight excluding hydrogens is 302 g/mol. The van der Waals surface area contributed by atoms with Gasteiger partial charge in [-0.15, -0.1) is 0 Å². The molecule has 0 saturated carbocycles. The number of piperidine rings is 2. The van der Waals surface area contributed by atoms with Crippen LogP contribution in [-0.2, 0) is 4.79 Å². The molecule has 24 heavy (non-hydrogen) atoms. The van der Waals surface area contributed by atoms with Gasteiger partial charge in [0.2, 0.25) is 5.91 Å². The van der Waals surface area contributed by atoms with Crippen molar-refractivity contribution in [2.75, 3.05) is 36.4 Å². The fraction of sp³-hybridized carbons (Fsp3) is 0.632. The van der Waals surface area contributed by atoms with E-state index in [4.69, 9.17) is 0 Å². The number of carbonyl (C=O) groups is 1. The molecule has 0 unspecified atom stereocenters. The van der Waals surface area contributed by atoms with Crippen molar-refractivity contribution in [1.82, 2.24) is 4.90 Å². The molecule has 132 valence electrons. The first-order chi connectivity index (χ1) is 11.6. The van der Waals surface area contributed by atoms with E-state index in [1.807, 2.05) is 23.1 Å². The standard InChI is InChI=1S/C19H29N3O2/c1-15-6-4-5-11-22(15)19(24)14-20-17-7-2-3-8-18(17)21-12-9-16(23)10-13-21/h2-3,7-8,15-16,20,23H,4-6,9-14H2,1H3/t15-/m1/s1. The lowest BCUT2D eigenvalue weighted by atomic mass is 10.0. The van der Waals surface area contributed by atoms with Gasteiger partial charge in [0.05, 0.1) is 24.0 Å². The average Bonchev–Trinajstić information content (AvgIpc) is 2.61. The zero-order valence-electron chi connectivity index (χ0n) is 14.6. The molecule has 2 N–H and O–H groups in total. The predicted octanol–water partition coefficient (Wildman–Crippen LogP) is 2.46. The summed E-state index contributed by atoms with van der Waals surface area (Å²) in [6.45, 7) is 5.09. The number of rotatable bonds is 4. The molecule has 2 saturated heterocycles. The van der Waals surface area contributed by atoms with Gasteiger partial charge in [0.25, 0.3) is 0 Å². The van der Waals surface area contributed by atoms with Gasteiger partial charge in [-0.2, -0.15) is 0 Å². The van der Waals surface area contributed by atoms with Crippen LogP contribution in [0.1, 0.15) is 39.0 Å². The number of aliphatic hydroxyl groups is 1. The molecule has 0 spiro atoms. The number of para-hydroxylation sites is 2. The fourth-order valence-electron chi connectivity index (χ4n) is 3.75. The summed E-state index contributed by atoms with van der Waals surface area (Å²) in [7, 11) is 0. The Morgan fingerprint density at radius 3 is 2.67 bits per heavy atom. The van der Waals surface area contributed by atoms with E-state index in [-0.39, 0.29) is 12.0 Å². The fourth-order valence-corrected chi connectivity index (χ4v) is 3.75. The normalized spacial score (nSPS) is 22.5. The van der Waals surface area contributed by atoms with E-state index < -0.39 is 0 Å². The molecule has 2 heterocycles. The molecule has 3 rings (SSSR count). The largest absolute Gasteiger partial charge is 0.393 e. The summed E-state index contributed by atoms with van der Waals surface area (Å²) < 4.78 is 0. The number of nitrogens with zero attached hydrogens (tertiary/aromatic N) is 2. The second-order valence-electron chi connectivity index (χ2n) is 7.02. The van der Waals surface area contributed by atoms with Crippen LogP contribution in [-0.4, -0.2) is 54.2 Å². The molecule has 0 aliphatic carbocycles. The minimum absolute atomic E-state index is 0.177. The van der Waals surface area contributed by atoms with Gasteiger partial charge in [-0.05, 0) is 51.2 Å². The quantitative estimate of drug-likeness (QED) is 0.890. The van der Waals surface area contributed by atoms with E-state index in [1.54, 1.807) is 0 Å². The molecule has 0 bridgehead atoms. The van der Waals surface area contributed by atoms with Crippen LogP contribution >= 0.6 is 0 Å². The molecular formula is C19H29N3O2. The van der Waals surface area contributed by atoms with E-state index in [0.717, 1.165) is 56.7 Å². The molecule has 0 aromatic heterocycles. The zero-order chi connectivity index (χ0) is 16.9. The van der Waals surface area contributed by atoms with Gasteiger partial charge in [-0.3, -0.25) is 4.79 Å². The summed E-state index contributed by atoms with van der Waals surface area (Å²) in [5.74, 6) is 0.186. The molecule has 1 aromatic rings. The summed E-state index contributed by atoms with van der Waals surface area (Å²) >= 11 is 0. The molecule has 5 nitrogen and oxygen atoms in total. The van der Waals surface area contributed by atoms with Crippen LogP contribution in [0.4, 0.5) is 11.4 Å². The molecule has 2 fully saturated rings. The van der Waals surface area contributed by atoms with Crippen molar-refractivity contribution in [3.63, 3.8) is 0 Å². The highest BCUT2D eigenvalue weighted by molar-refractivity contribution is 5.83. The monoisotopic (exact) mass is 331 g/mol. The zero-order valence-corrected chi connectivity index (χ0v) is 14.6. The summed E-state index contributed by atoms with van der Waals surface area (Å²) in [5, 5.41) is 13.0. The first-order valence-corrected chi connectivity index (χ1v) is 9.20. The molecule has 1 amide bonds. The number of likely N-dealkylation sites (tertiary alicyclic amines) is 1. The SMILES string of the molecule is C[C@@H]1CCCCN1C(=O)CNc1ccccc1N1CCC(O)CC1. The maximum Gasteiger partial charge on any atom is 0.242 e. The lowest BCUT2D eigenvalue weighted by Gasteiger charge is -2.34. The second-order valence-corrected chi connectivity index (χ2v) is 7.02. The smallest absolute Gasteiger partial charge is 0.242 e. The van der Waals surface area contributed by atoms with Crippen LogP contribution in [0.15, 0.2) is 24.3 Å². The molecule has 1 atom stereocenters. The molecule has 2 aliphatic rings. The third kappa shape index (κ3) is 4.01.